The van der Waals surface area contributed by atoms with E-state index in [9.17, 15) is 15.2 Å². The summed E-state index contributed by atoms with van der Waals surface area (Å²) >= 11 is 0. The number of likely N-dealkylation sites (tertiary alicyclic amines) is 1. The molecule has 4 heterocycles. The quantitative estimate of drug-likeness (QED) is 0.168. The lowest BCUT2D eigenvalue weighted by Gasteiger charge is -2.17. The molecular formula is C38H33N7O3. The number of nitrogens with zero attached hydrogens (tertiary/aromatic N) is 6. The van der Waals surface area contributed by atoms with Gasteiger partial charge in [-0.25, -0.2) is 15.0 Å². The predicted octanol–water partition coefficient (Wildman–Crippen LogP) is 6.99. The summed E-state index contributed by atoms with van der Waals surface area (Å²) in [5.74, 6) is 2.29. The van der Waals surface area contributed by atoms with Crippen molar-refractivity contribution in [1.82, 2.24) is 24.8 Å². The van der Waals surface area contributed by atoms with E-state index in [0.29, 0.717) is 47.1 Å². The van der Waals surface area contributed by atoms with Crippen molar-refractivity contribution < 1.29 is 14.3 Å². The summed E-state index contributed by atoms with van der Waals surface area (Å²) in [6.07, 6.45) is 5.31. The molecule has 0 bridgehead atoms. The van der Waals surface area contributed by atoms with E-state index >= 15 is 0 Å². The van der Waals surface area contributed by atoms with Gasteiger partial charge in [0, 0.05) is 48.6 Å². The second kappa shape index (κ2) is 11.9. The molecule has 2 aliphatic rings. The topological polar surface area (TPSA) is 141 Å². The Morgan fingerprint density at radius 2 is 1.79 bits per heavy atom. The van der Waals surface area contributed by atoms with E-state index in [-0.39, 0.29) is 11.7 Å². The minimum atomic E-state index is -0.263. The first-order valence-corrected chi connectivity index (χ1v) is 16.2. The molecule has 3 aromatic heterocycles. The minimum absolute atomic E-state index is 0.263. The van der Waals surface area contributed by atoms with Gasteiger partial charge in [0.1, 0.15) is 29.2 Å². The summed E-state index contributed by atoms with van der Waals surface area (Å²) in [4.78, 5) is 33.1. The highest BCUT2D eigenvalue weighted by atomic mass is 16.3. The molecule has 0 unspecified atom stereocenters. The fraction of sp³-hybridized carbons (Fsp3) is 0.263. The number of hydrogen-bond acceptors (Lipinski definition) is 10. The Bertz CT molecular complexity index is 2290. The maximum absolute atomic E-state index is 11.4. The van der Waals surface area contributed by atoms with Gasteiger partial charge in [-0.2, -0.15) is 5.26 Å². The standard InChI is InChI=1S/C38H33N7O3/c1-21-28(5-3-7-30(21)38-43-33-14-23(20-46)13-26(16-39)35(33)48-38)29-6-4-8-31(22(29)2)41-37-34-32(42-36(44-37)25-9-10-25)15-24(17-40-34)18-45-12-11-27(47)19-45/h3-8,13-15,17,20,25,27,47H,9-12,18-19H2,1-2H3,(H,41,42,44)/t27-/m0/s1. The van der Waals surface area contributed by atoms with Crippen LogP contribution in [0, 0.1) is 25.2 Å². The number of rotatable bonds is 8. The number of benzene rings is 3. The highest BCUT2D eigenvalue weighted by molar-refractivity contribution is 5.91. The van der Waals surface area contributed by atoms with Crippen LogP contribution in [0.3, 0.4) is 0 Å². The SMILES string of the molecule is Cc1c(Nc2nc(C3CC3)nc3cc(CN4CC[C@H](O)C4)cnc23)cccc1-c1cccc(-c2nc3cc(C=O)cc(C#N)c3o2)c1C. The van der Waals surface area contributed by atoms with Gasteiger partial charge in [-0.05, 0) is 91.3 Å². The van der Waals surface area contributed by atoms with Crippen molar-refractivity contribution in [3.05, 3.63) is 94.4 Å². The summed E-state index contributed by atoms with van der Waals surface area (Å²) in [6, 6.07) is 19.5. The number of pyridine rings is 1. The molecule has 2 fully saturated rings. The van der Waals surface area contributed by atoms with Crippen molar-refractivity contribution in [2.45, 2.75) is 51.7 Å². The number of aliphatic hydroxyl groups excluding tert-OH is 1. The van der Waals surface area contributed by atoms with Crippen LogP contribution in [-0.2, 0) is 6.54 Å². The Hall–Kier alpha value is -5.50. The van der Waals surface area contributed by atoms with Gasteiger partial charge in [0.25, 0.3) is 0 Å². The predicted molar refractivity (Wildman–Crippen MR) is 183 cm³/mol. The first-order chi connectivity index (χ1) is 23.4. The Balaban J connectivity index is 1.15. The fourth-order valence-corrected chi connectivity index (χ4v) is 6.66. The van der Waals surface area contributed by atoms with Crippen LogP contribution in [0.2, 0.25) is 0 Å². The minimum Gasteiger partial charge on any atom is -0.435 e. The molecule has 1 aliphatic carbocycles. The van der Waals surface area contributed by atoms with Gasteiger partial charge in [0.2, 0.25) is 5.89 Å². The Morgan fingerprint density at radius 1 is 1.00 bits per heavy atom. The zero-order valence-corrected chi connectivity index (χ0v) is 26.7. The summed E-state index contributed by atoms with van der Waals surface area (Å²) in [5, 5.41) is 23.2. The maximum atomic E-state index is 11.4. The zero-order valence-electron chi connectivity index (χ0n) is 26.7. The molecule has 10 nitrogen and oxygen atoms in total. The number of β-amino-alcohol motifs (C(OH)–C–C–N with tert-alkyl or cyclic N) is 1. The molecule has 0 spiro atoms. The highest BCUT2D eigenvalue weighted by Crippen LogP contribution is 2.41. The number of oxazole rings is 1. The monoisotopic (exact) mass is 635 g/mol. The number of nitriles is 1. The van der Waals surface area contributed by atoms with Crippen LogP contribution in [0.15, 0.2) is 65.2 Å². The van der Waals surface area contributed by atoms with Gasteiger partial charge in [-0.1, -0.05) is 24.3 Å². The van der Waals surface area contributed by atoms with Gasteiger partial charge >= 0.3 is 0 Å². The van der Waals surface area contributed by atoms with Crippen molar-refractivity contribution in [2.24, 2.45) is 0 Å². The number of aliphatic hydroxyl groups is 1. The molecule has 1 atom stereocenters. The average molecular weight is 636 g/mol. The van der Waals surface area contributed by atoms with E-state index in [1.807, 2.05) is 37.4 Å². The molecule has 3 aromatic carbocycles. The third-order valence-electron chi connectivity index (χ3n) is 9.42. The fourth-order valence-electron chi connectivity index (χ4n) is 6.66. The van der Waals surface area contributed by atoms with Crippen LogP contribution in [0.4, 0.5) is 11.5 Å². The number of nitrogens with one attached hydrogen (secondary N) is 1. The Kier molecular flexibility index (Phi) is 7.43. The largest absolute Gasteiger partial charge is 0.435 e. The van der Waals surface area contributed by atoms with Crippen molar-refractivity contribution >= 4 is 39.9 Å². The second-order valence-corrected chi connectivity index (χ2v) is 12.8. The van der Waals surface area contributed by atoms with Crippen LogP contribution in [0.1, 0.15) is 63.6 Å². The number of fused-ring (bicyclic) bond motifs is 2. The van der Waals surface area contributed by atoms with E-state index in [4.69, 9.17) is 19.4 Å². The lowest BCUT2D eigenvalue weighted by Crippen LogP contribution is -2.21. The van der Waals surface area contributed by atoms with E-state index in [1.54, 1.807) is 6.07 Å². The third-order valence-corrected chi connectivity index (χ3v) is 9.42. The van der Waals surface area contributed by atoms with Crippen molar-refractivity contribution in [3.63, 3.8) is 0 Å². The van der Waals surface area contributed by atoms with Crippen LogP contribution in [0.25, 0.3) is 44.7 Å². The summed E-state index contributed by atoms with van der Waals surface area (Å²) < 4.78 is 6.11. The smallest absolute Gasteiger partial charge is 0.227 e. The lowest BCUT2D eigenvalue weighted by molar-refractivity contribution is 0.112. The molecule has 1 aliphatic heterocycles. The first kappa shape index (κ1) is 29.9. The van der Waals surface area contributed by atoms with Crippen LogP contribution in [0.5, 0.6) is 0 Å². The van der Waals surface area contributed by atoms with Gasteiger partial charge in [-0.15, -0.1) is 0 Å². The molecule has 0 amide bonds. The average Bonchev–Trinajstić information content (AvgIpc) is 3.74. The van der Waals surface area contributed by atoms with E-state index in [2.05, 4.69) is 46.4 Å². The molecule has 2 N–H and O–H groups in total. The number of carbonyl (C=O) groups excluding carboxylic acids is 1. The first-order valence-electron chi connectivity index (χ1n) is 16.2. The molecule has 48 heavy (non-hydrogen) atoms. The van der Waals surface area contributed by atoms with E-state index < -0.39 is 0 Å². The lowest BCUT2D eigenvalue weighted by atomic mass is 9.93. The molecule has 10 heteroatoms. The van der Waals surface area contributed by atoms with Crippen LogP contribution < -0.4 is 5.32 Å². The third kappa shape index (κ3) is 5.47. The van der Waals surface area contributed by atoms with Crippen molar-refractivity contribution in [2.75, 3.05) is 18.4 Å². The zero-order chi connectivity index (χ0) is 32.9. The normalized spacial score (nSPS) is 16.4. The van der Waals surface area contributed by atoms with E-state index in [0.717, 1.165) is 88.3 Å². The van der Waals surface area contributed by atoms with Crippen LogP contribution >= 0.6 is 0 Å². The summed E-state index contributed by atoms with van der Waals surface area (Å²) in [7, 11) is 0. The Labute approximate surface area is 277 Å². The highest BCUT2D eigenvalue weighted by Gasteiger charge is 2.28. The number of anilines is 2. The van der Waals surface area contributed by atoms with Crippen LogP contribution in [-0.4, -0.2) is 55.4 Å². The Morgan fingerprint density at radius 3 is 2.54 bits per heavy atom. The molecule has 1 saturated carbocycles. The number of carbonyl (C=O) groups is 1. The molecule has 1 saturated heterocycles. The molecule has 6 aromatic rings. The molecule has 0 radical (unpaired) electrons. The van der Waals surface area contributed by atoms with Gasteiger partial charge in [0.15, 0.2) is 11.4 Å². The van der Waals surface area contributed by atoms with Gasteiger partial charge in [-0.3, -0.25) is 14.7 Å². The summed E-state index contributed by atoms with van der Waals surface area (Å²) in [5.41, 5.74) is 9.90. The molecular weight excluding hydrogens is 602 g/mol. The number of aldehydes is 1. The molecule has 238 valence electrons. The number of hydrogen-bond donors (Lipinski definition) is 2. The maximum Gasteiger partial charge on any atom is 0.227 e. The van der Waals surface area contributed by atoms with Gasteiger partial charge < -0.3 is 14.8 Å². The summed E-state index contributed by atoms with van der Waals surface area (Å²) in [6.45, 7) is 6.41. The van der Waals surface area contributed by atoms with Gasteiger partial charge in [0.05, 0.1) is 17.2 Å². The number of aromatic nitrogens is 4. The van der Waals surface area contributed by atoms with E-state index in [1.165, 1.54) is 6.07 Å². The molecule has 8 rings (SSSR count). The van der Waals surface area contributed by atoms with Crippen molar-refractivity contribution in [3.8, 4) is 28.7 Å². The second-order valence-electron chi connectivity index (χ2n) is 12.8. The van der Waals surface area contributed by atoms with Crippen molar-refractivity contribution in [1.29, 1.82) is 5.26 Å².